The van der Waals surface area contributed by atoms with Gasteiger partial charge in [0, 0.05) is 19.8 Å². The average Bonchev–Trinajstić information content (AvgIpc) is 2.25. The van der Waals surface area contributed by atoms with E-state index in [9.17, 15) is 0 Å². The standard InChI is InChI=1S/C7H11N2.C6H20PSi2.5CH3.Al.Ga/c1-9(2)7-3-5-8-6-4-7;1-8(2,3)7-9(4,5)6;;;;;;;/h3-5H,6H2,1-2H3;7H2,1-6H3;5*1H3;;/q-1;+1;;;;2*-1;+3;. The fourth-order valence-corrected chi connectivity index (χ4v) is 35.8. The molecule has 0 aromatic carbocycles. The van der Waals surface area contributed by atoms with E-state index in [2.05, 4.69) is 72.0 Å². The fourth-order valence-electron chi connectivity index (χ4n) is 2.03. The zero-order chi connectivity index (χ0) is 18.0. The first kappa shape index (κ1) is 36.9. The van der Waals surface area contributed by atoms with E-state index < -0.39 is 31.7 Å². The van der Waals surface area contributed by atoms with Crippen LogP contribution in [0.3, 0.4) is 0 Å². The molecule has 0 spiro atoms. The van der Waals surface area contributed by atoms with Crippen molar-refractivity contribution in [2.45, 2.75) is 55.7 Å². The number of allylic oxidation sites excluding steroid dienone is 1. The molecule has 0 fully saturated rings. The molecule has 7 heteroatoms. The van der Waals surface area contributed by atoms with Crippen molar-refractivity contribution in [3.05, 3.63) is 44.2 Å². The molecular weight excluding hydrogens is 428 g/mol. The molecule has 0 atom stereocenters. The number of nitrogens with zero attached hydrogens (tertiary/aromatic N) is 2. The molecule has 1 heterocycles. The van der Waals surface area contributed by atoms with Gasteiger partial charge in [-0.25, -0.2) is 0 Å². The summed E-state index contributed by atoms with van der Waals surface area (Å²) in [5.74, 6) is 0. The molecule has 0 bridgehead atoms. The molecule has 0 saturated heterocycles. The summed E-state index contributed by atoms with van der Waals surface area (Å²) in [5, 5.41) is 4.03. The summed E-state index contributed by atoms with van der Waals surface area (Å²) >= 11 is -0.479. The van der Waals surface area contributed by atoms with E-state index in [4.69, 9.17) is 0 Å². The van der Waals surface area contributed by atoms with Gasteiger partial charge in [-0.2, -0.15) is 6.20 Å². The second-order valence-electron chi connectivity index (χ2n) is 8.81. The molecule has 0 N–H and O–H groups in total. The Labute approximate surface area is 181 Å². The van der Waals surface area contributed by atoms with Crippen molar-refractivity contribution in [1.82, 2.24) is 4.90 Å². The van der Waals surface area contributed by atoms with Gasteiger partial charge in [0.25, 0.3) is 0 Å². The molecule has 0 amide bonds. The fraction of sp³-hybridized carbons (Fsp3) is 0.667. The summed E-state index contributed by atoms with van der Waals surface area (Å²) in [6.45, 7) is 15.8. The van der Waals surface area contributed by atoms with Gasteiger partial charge in [-0.15, -0.1) is 6.54 Å². The van der Waals surface area contributed by atoms with Crippen LogP contribution in [0.15, 0.2) is 24.0 Å². The Hall–Kier alpha value is 1.11. The minimum absolute atomic E-state index is 0. The quantitative estimate of drug-likeness (QED) is 0.267. The second kappa shape index (κ2) is 18.5. The Morgan fingerprint density at radius 3 is 1.44 bits per heavy atom. The summed E-state index contributed by atoms with van der Waals surface area (Å²) in [5.41, 5.74) is 8.30. The minimum atomic E-state index is -0.648. The summed E-state index contributed by atoms with van der Waals surface area (Å²) in [6, 6.07) is 0. The van der Waals surface area contributed by atoms with E-state index >= 15 is 0 Å². The van der Waals surface area contributed by atoms with Crippen LogP contribution in [0.2, 0.25) is 55.7 Å². The van der Waals surface area contributed by atoms with Gasteiger partial charge < -0.3 is 25.1 Å². The summed E-state index contributed by atoms with van der Waals surface area (Å²) in [7, 11) is 3.61. The Morgan fingerprint density at radius 1 is 0.960 bits per heavy atom. The SMILES string of the molecule is CN(C)C1=CC[N-]C=C1.C[Si](C)(C)[PH2+][Si](C)(C)C.[Al+3].[CH3-].[CH3-].[CH3][Ga]([CH3])[CH3]. The predicted molar refractivity (Wildman–Crippen MR) is 137 cm³/mol. The van der Waals surface area contributed by atoms with Crippen LogP contribution >= 0.6 is 7.68 Å². The molecular formula is C18H46AlGaN2PSi2+. The van der Waals surface area contributed by atoms with Crippen LogP contribution in [0.4, 0.5) is 0 Å². The Morgan fingerprint density at radius 2 is 1.32 bits per heavy atom. The average molecular weight is 474 g/mol. The third kappa shape index (κ3) is 36.7. The first-order chi connectivity index (χ1) is 9.74. The summed E-state index contributed by atoms with van der Waals surface area (Å²) in [6.07, 6.45) is 5.94. The van der Waals surface area contributed by atoms with Gasteiger partial charge in [-0.3, -0.25) is 0 Å². The molecule has 0 radical (unpaired) electrons. The maximum absolute atomic E-state index is 4.03. The first-order valence-electron chi connectivity index (χ1n) is 8.32. The summed E-state index contributed by atoms with van der Waals surface area (Å²) < 4.78 is 0. The Bertz CT molecular complexity index is 335. The van der Waals surface area contributed by atoms with E-state index in [1.165, 1.54) is 5.70 Å². The van der Waals surface area contributed by atoms with Crippen LogP contribution < -0.4 is 0 Å². The van der Waals surface area contributed by atoms with Crippen LogP contribution in [-0.2, 0) is 0 Å². The van der Waals surface area contributed by atoms with Gasteiger partial charge in [-0.1, -0.05) is 19.8 Å². The third-order valence-electron chi connectivity index (χ3n) is 2.14. The van der Waals surface area contributed by atoms with Crippen molar-refractivity contribution < 1.29 is 0 Å². The number of hydrogen-bond acceptors (Lipinski definition) is 1. The zero-order valence-electron chi connectivity index (χ0n) is 19.6. The summed E-state index contributed by atoms with van der Waals surface area (Å²) in [4.78, 5) is 2.07. The van der Waals surface area contributed by atoms with Crippen LogP contribution in [-0.4, -0.2) is 74.6 Å². The van der Waals surface area contributed by atoms with Crippen LogP contribution in [0.1, 0.15) is 0 Å². The molecule has 0 unspecified atom stereocenters. The van der Waals surface area contributed by atoms with Crippen LogP contribution in [0.5, 0.6) is 0 Å². The predicted octanol–water partition coefficient (Wildman–Crippen LogP) is 6.29. The van der Waals surface area contributed by atoms with E-state index in [-0.39, 0.29) is 32.2 Å². The van der Waals surface area contributed by atoms with Gasteiger partial charge in [0.1, 0.15) is 0 Å². The molecule has 0 saturated carbocycles. The normalized spacial score (nSPS) is 12.0. The zero-order valence-corrected chi connectivity index (χ0v) is 26.3. The van der Waals surface area contributed by atoms with Gasteiger partial charge >= 0.3 is 50.0 Å². The molecule has 25 heavy (non-hydrogen) atoms. The van der Waals surface area contributed by atoms with E-state index in [0.717, 1.165) is 14.2 Å². The van der Waals surface area contributed by atoms with E-state index in [0.29, 0.717) is 0 Å². The molecule has 0 aliphatic carbocycles. The van der Waals surface area contributed by atoms with Crippen molar-refractivity contribution in [1.29, 1.82) is 0 Å². The number of hydrogen-bond donors (Lipinski definition) is 0. The first-order valence-corrected chi connectivity index (χ1v) is 26.2. The molecule has 0 aromatic rings. The second-order valence-corrected chi connectivity index (χ2v) is 39.7. The van der Waals surface area contributed by atoms with Crippen molar-refractivity contribution >= 4 is 56.7 Å². The monoisotopic (exact) mass is 473 g/mol. The molecule has 2 nitrogen and oxygen atoms in total. The molecule has 1 aliphatic heterocycles. The van der Waals surface area contributed by atoms with Gasteiger partial charge in [0.15, 0.2) is 0 Å². The topological polar surface area (TPSA) is 17.3 Å². The van der Waals surface area contributed by atoms with E-state index in [1.807, 2.05) is 26.4 Å². The number of likely N-dealkylation sites (N-methyl/N-ethyl adjacent to an activating group) is 1. The molecule has 146 valence electrons. The van der Waals surface area contributed by atoms with Crippen molar-refractivity contribution in [3.63, 3.8) is 0 Å². The van der Waals surface area contributed by atoms with Crippen molar-refractivity contribution in [2.75, 3.05) is 20.6 Å². The van der Waals surface area contributed by atoms with Crippen LogP contribution in [0.25, 0.3) is 5.32 Å². The van der Waals surface area contributed by atoms with Crippen molar-refractivity contribution in [2.24, 2.45) is 0 Å². The van der Waals surface area contributed by atoms with E-state index in [1.54, 1.807) is 0 Å². The molecule has 1 rings (SSSR count). The van der Waals surface area contributed by atoms with Crippen LogP contribution in [0, 0.1) is 14.9 Å². The molecule has 0 aromatic heterocycles. The van der Waals surface area contributed by atoms with Crippen molar-refractivity contribution in [3.8, 4) is 0 Å². The third-order valence-corrected chi connectivity index (χ3v) is 24.7. The van der Waals surface area contributed by atoms with Gasteiger partial charge in [0.05, 0.1) is 0 Å². The van der Waals surface area contributed by atoms with Gasteiger partial charge in [-0.05, 0) is 39.3 Å². The Kier molecular flexibility index (Phi) is 27.3. The van der Waals surface area contributed by atoms with Gasteiger partial charge in [0.2, 0.25) is 15.5 Å². The Balaban J connectivity index is -0.0000000804. The maximum atomic E-state index is 4.03. The molecule has 1 aliphatic rings. The number of rotatable bonds is 3.